The van der Waals surface area contributed by atoms with Gasteiger partial charge in [-0.1, -0.05) is 12.1 Å². The zero-order chi connectivity index (χ0) is 12.5. The van der Waals surface area contributed by atoms with E-state index in [0.717, 1.165) is 11.2 Å². The quantitative estimate of drug-likeness (QED) is 0.764. The number of hydrogen-bond donors (Lipinski definition) is 1. The topological polar surface area (TPSA) is 63.6 Å². The summed E-state index contributed by atoms with van der Waals surface area (Å²) in [6.07, 6.45) is 1.52. The van der Waals surface area contributed by atoms with Crippen LogP contribution < -0.4 is 5.43 Å². The number of aromatic nitrogens is 4. The highest BCUT2D eigenvalue weighted by molar-refractivity contribution is 6.28. The van der Waals surface area contributed by atoms with E-state index in [4.69, 9.17) is 11.6 Å². The second-order valence-electron chi connectivity index (χ2n) is 3.92. The molecule has 0 amide bonds. The highest BCUT2D eigenvalue weighted by Gasteiger charge is 2.03. The number of H-pyrrole nitrogens is 1. The summed E-state index contributed by atoms with van der Waals surface area (Å²) in [5.74, 6) is 0. The molecule has 0 aliphatic carbocycles. The van der Waals surface area contributed by atoms with Crippen molar-refractivity contribution in [2.24, 2.45) is 0 Å². The third-order valence-electron chi connectivity index (χ3n) is 2.63. The van der Waals surface area contributed by atoms with Crippen LogP contribution in [-0.2, 0) is 6.54 Å². The number of pyridine rings is 1. The normalized spacial score (nSPS) is 10.9. The van der Waals surface area contributed by atoms with Crippen LogP contribution in [0.25, 0.3) is 10.9 Å². The summed E-state index contributed by atoms with van der Waals surface area (Å²) in [7, 11) is 0. The number of rotatable bonds is 2. The lowest BCUT2D eigenvalue weighted by molar-refractivity contribution is 0.672. The fourth-order valence-corrected chi connectivity index (χ4v) is 2.00. The molecule has 5 nitrogen and oxygen atoms in total. The second kappa shape index (κ2) is 4.27. The Morgan fingerprint density at radius 2 is 2.17 bits per heavy atom. The lowest BCUT2D eigenvalue weighted by atomic mass is 10.2. The van der Waals surface area contributed by atoms with Crippen molar-refractivity contribution < 1.29 is 0 Å². The van der Waals surface area contributed by atoms with Gasteiger partial charge in [-0.2, -0.15) is 0 Å². The van der Waals surface area contributed by atoms with Crippen LogP contribution in [0.5, 0.6) is 0 Å². The molecule has 0 bridgehead atoms. The van der Waals surface area contributed by atoms with Gasteiger partial charge >= 0.3 is 0 Å². The number of fused-ring (bicyclic) bond motifs is 1. The van der Waals surface area contributed by atoms with Gasteiger partial charge in [0, 0.05) is 22.7 Å². The van der Waals surface area contributed by atoms with E-state index in [2.05, 4.69) is 15.1 Å². The molecule has 1 N–H and O–H groups in total. The van der Waals surface area contributed by atoms with E-state index in [1.165, 1.54) is 6.33 Å². The first kappa shape index (κ1) is 11.0. The molecular weight excluding hydrogens is 252 g/mol. The number of para-hydroxylation sites is 1. The number of nitrogens with one attached hydrogen (secondary N) is 1. The Balaban J connectivity index is 2.05. The van der Waals surface area contributed by atoms with E-state index in [-0.39, 0.29) is 10.7 Å². The summed E-state index contributed by atoms with van der Waals surface area (Å²) < 4.78 is 1.57. The first-order chi connectivity index (χ1) is 8.72. The van der Waals surface area contributed by atoms with Gasteiger partial charge in [-0.25, -0.2) is 9.67 Å². The molecule has 0 saturated carbocycles. The first-order valence-electron chi connectivity index (χ1n) is 5.38. The Morgan fingerprint density at radius 1 is 1.33 bits per heavy atom. The molecule has 90 valence electrons. The van der Waals surface area contributed by atoms with Crippen LogP contribution in [0.15, 0.2) is 41.5 Å². The van der Waals surface area contributed by atoms with Crippen LogP contribution in [0.1, 0.15) is 5.69 Å². The zero-order valence-electron chi connectivity index (χ0n) is 9.30. The molecule has 0 aliphatic heterocycles. The van der Waals surface area contributed by atoms with Crippen molar-refractivity contribution in [3.8, 4) is 0 Å². The maximum atomic E-state index is 11.9. The van der Waals surface area contributed by atoms with E-state index < -0.39 is 0 Å². The van der Waals surface area contributed by atoms with Crippen molar-refractivity contribution >= 4 is 22.5 Å². The smallest absolute Gasteiger partial charge is 0.242 e. The minimum Gasteiger partial charge on any atom is -0.357 e. The van der Waals surface area contributed by atoms with Crippen LogP contribution in [0.4, 0.5) is 0 Å². The highest BCUT2D eigenvalue weighted by Crippen LogP contribution is 2.08. The van der Waals surface area contributed by atoms with E-state index in [0.29, 0.717) is 11.9 Å². The zero-order valence-corrected chi connectivity index (χ0v) is 10.1. The van der Waals surface area contributed by atoms with Crippen LogP contribution in [-0.4, -0.2) is 19.7 Å². The molecule has 0 fully saturated rings. The van der Waals surface area contributed by atoms with Crippen LogP contribution in [0, 0.1) is 0 Å². The van der Waals surface area contributed by atoms with E-state index in [1.807, 2.05) is 18.2 Å². The number of aromatic amines is 1. The van der Waals surface area contributed by atoms with Gasteiger partial charge in [0.1, 0.15) is 6.33 Å². The average Bonchev–Trinajstić information content (AvgIpc) is 2.75. The molecule has 2 heterocycles. The molecule has 0 saturated heterocycles. The largest absolute Gasteiger partial charge is 0.357 e. The molecule has 0 aliphatic rings. The van der Waals surface area contributed by atoms with Gasteiger partial charge in [0.15, 0.2) is 5.43 Å². The highest BCUT2D eigenvalue weighted by atomic mass is 35.5. The van der Waals surface area contributed by atoms with Gasteiger partial charge in [0.2, 0.25) is 5.28 Å². The Kier molecular flexibility index (Phi) is 2.60. The van der Waals surface area contributed by atoms with Gasteiger partial charge in [-0.15, -0.1) is 5.10 Å². The van der Waals surface area contributed by atoms with Crippen molar-refractivity contribution in [2.75, 3.05) is 0 Å². The van der Waals surface area contributed by atoms with Crippen molar-refractivity contribution in [2.45, 2.75) is 6.54 Å². The summed E-state index contributed by atoms with van der Waals surface area (Å²) in [4.78, 5) is 18.9. The Bertz CT molecular complexity index is 762. The van der Waals surface area contributed by atoms with Crippen molar-refractivity contribution in [3.63, 3.8) is 0 Å². The summed E-state index contributed by atoms with van der Waals surface area (Å²) in [5, 5.41) is 4.84. The third kappa shape index (κ3) is 2.00. The van der Waals surface area contributed by atoms with Gasteiger partial charge < -0.3 is 4.98 Å². The molecule has 2 aromatic heterocycles. The molecule has 3 aromatic rings. The van der Waals surface area contributed by atoms with E-state index in [1.54, 1.807) is 16.8 Å². The fourth-order valence-electron chi connectivity index (χ4n) is 1.86. The summed E-state index contributed by atoms with van der Waals surface area (Å²) in [6, 6.07) is 8.96. The maximum absolute atomic E-state index is 11.9. The summed E-state index contributed by atoms with van der Waals surface area (Å²) in [5.41, 5.74) is 1.57. The molecular formula is C12H9ClN4O. The first-order valence-corrected chi connectivity index (χ1v) is 5.76. The minimum absolute atomic E-state index is 0.00874. The molecule has 6 heteroatoms. The predicted molar refractivity (Wildman–Crippen MR) is 68.7 cm³/mol. The van der Waals surface area contributed by atoms with E-state index in [9.17, 15) is 4.79 Å². The predicted octanol–water partition coefficient (Wildman–Crippen LogP) is 1.82. The summed E-state index contributed by atoms with van der Waals surface area (Å²) in [6.45, 7) is 0.430. The molecule has 0 spiro atoms. The van der Waals surface area contributed by atoms with Gasteiger partial charge in [0.05, 0.1) is 6.54 Å². The molecule has 0 atom stereocenters. The average molecular weight is 261 g/mol. The summed E-state index contributed by atoms with van der Waals surface area (Å²) >= 11 is 5.64. The lowest BCUT2D eigenvalue weighted by Crippen LogP contribution is -2.09. The number of halogens is 1. The van der Waals surface area contributed by atoms with Crippen LogP contribution >= 0.6 is 11.6 Å². The lowest BCUT2D eigenvalue weighted by Gasteiger charge is -2.03. The molecule has 18 heavy (non-hydrogen) atoms. The molecule has 0 radical (unpaired) electrons. The fraction of sp³-hybridized carbons (Fsp3) is 0.0833. The minimum atomic E-state index is -0.00874. The number of nitrogens with zero attached hydrogens (tertiary/aromatic N) is 3. The Hall–Kier alpha value is -2.14. The number of benzene rings is 1. The molecule has 1 aromatic carbocycles. The second-order valence-corrected chi connectivity index (χ2v) is 4.25. The van der Waals surface area contributed by atoms with Crippen LogP contribution in [0.2, 0.25) is 5.28 Å². The molecule has 0 unspecified atom stereocenters. The van der Waals surface area contributed by atoms with Crippen LogP contribution in [0.3, 0.4) is 0 Å². The Morgan fingerprint density at radius 3 is 2.94 bits per heavy atom. The van der Waals surface area contributed by atoms with E-state index >= 15 is 0 Å². The van der Waals surface area contributed by atoms with Gasteiger partial charge in [0.25, 0.3) is 0 Å². The van der Waals surface area contributed by atoms with Gasteiger partial charge in [-0.05, 0) is 23.7 Å². The maximum Gasteiger partial charge on any atom is 0.242 e. The monoisotopic (exact) mass is 260 g/mol. The standard InChI is InChI=1S/C12H9ClN4O/c13-12-14-7-17(16-12)6-8-5-11(18)9-3-1-2-4-10(9)15-8/h1-5,7H,6H2,(H,15,18). The van der Waals surface area contributed by atoms with Crippen molar-refractivity contribution in [3.05, 3.63) is 57.9 Å². The van der Waals surface area contributed by atoms with Crippen molar-refractivity contribution in [1.29, 1.82) is 0 Å². The van der Waals surface area contributed by atoms with Gasteiger partial charge in [-0.3, -0.25) is 4.79 Å². The number of hydrogen-bond acceptors (Lipinski definition) is 3. The SMILES string of the molecule is O=c1cc(Cn2cnc(Cl)n2)[nH]c2ccccc12. The third-order valence-corrected chi connectivity index (χ3v) is 2.81. The van der Waals surface area contributed by atoms with Crippen molar-refractivity contribution in [1.82, 2.24) is 19.7 Å². The Labute approximate surface area is 107 Å². The molecule has 3 rings (SSSR count).